The molecule has 5 nitrogen and oxygen atoms in total. The Kier molecular flexibility index (Phi) is 4.76. The monoisotopic (exact) mass is 314 g/mol. The number of nitrogens with one attached hydrogen (secondary N) is 1. The highest BCUT2D eigenvalue weighted by atomic mass is 16.5. The Bertz CT molecular complexity index is 645. The van der Waals surface area contributed by atoms with Crippen molar-refractivity contribution >= 4 is 5.97 Å². The number of esters is 1. The van der Waals surface area contributed by atoms with Crippen LogP contribution in [-0.4, -0.2) is 30.8 Å². The van der Waals surface area contributed by atoms with E-state index in [2.05, 4.69) is 10.5 Å². The molecule has 122 valence electrons. The third-order valence-electron chi connectivity index (χ3n) is 4.32. The van der Waals surface area contributed by atoms with Gasteiger partial charge in [-0.2, -0.15) is 0 Å². The molecule has 0 aliphatic carbocycles. The van der Waals surface area contributed by atoms with E-state index < -0.39 is 5.41 Å². The third-order valence-corrected chi connectivity index (χ3v) is 4.32. The minimum atomic E-state index is -0.554. The Morgan fingerprint density at radius 1 is 1.39 bits per heavy atom. The molecule has 5 heteroatoms. The van der Waals surface area contributed by atoms with Crippen LogP contribution in [-0.2, 0) is 16.0 Å². The van der Waals surface area contributed by atoms with Gasteiger partial charge < -0.3 is 14.6 Å². The Morgan fingerprint density at radius 3 is 2.91 bits per heavy atom. The zero-order chi connectivity index (χ0) is 16.1. The smallest absolute Gasteiger partial charge is 0.313 e. The molecule has 0 bridgehead atoms. The second-order valence-corrected chi connectivity index (χ2v) is 6.00. The number of ether oxygens (including phenoxy) is 1. The molecule has 0 unspecified atom stereocenters. The lowest BCUT2D eigenvalue weighted by molar-refractivity contribution is -0.156. The van der Waals surface area contributed by atoms with Crippen LogP contribution in [0, 0.1) is 5.41 Å². The van der Waals surface area contributed by atoms with Gasteiger partial charge in [0.25, 0.3) is 0 Å². The van der Waals surface area contributed by atoms with E-state index in [1.807, 2.05) is 43.3 Å². The molecule has 0 spiro atoms. The number of benzene rings is 1. The van der Waals surface area contributed by atoms with Gasteiger partial charge in [-0.25, -0.2) is 0 Å². The standard InChI is InChI=1S/C18H22N2O3/c1-2-22-17(21)18(9-6-10-19-13-18)12-15-11-16(20-23-15)14-7-4-3-5-8-14/h3-5,7-8,11,19H,2,6,9-10,12-13H2,1H3/t18-/m0/s1. The van der Waals surface area contributed by atoms with E-state index in [9.17, 15) is 4.79 Å². The molecule has 1 N–H and O–H groups in total. The molecule has 1 aromatic carbocycles. The number of hydrogen-bond donors (Lipinski definition) is 1. The van der Waals surface area contributed by atoms with Gasteiger partial charge in [-0.15, -0.1) is 0 Å². The maximum atomic E-state index is 12.5. The van der Waals surface area contributed by atoms with Gasteiger partial charge in [0.2, 0.25) is 0 Å². The lowest BCUT2D eigenvalue weighted by Crippen LogP contribution is -2.47. The van der Waals surface area contributed by atoms with Crippen LogP contribution in [0.2, 0.25) is 0 Å². The summed E-state index contributed by atoms with van der Waals surface area (Å²) in [7, 11) is 0. The fraction of sp³-hybridized carbons (Fsp3) is 0.444. The van der Waals surface area contributed by atoms with E-state index in [0.717, 1.165) is 36.4 Å². The molecule has 23 heavy (non-hydrogen) atoms. The molecule has 3 rings (SSSR count). The largest absolute Gasteiger partial charge is 0.466 e. The quantitative estimate of drug-likeness (QED) is 0.860. The van der Waals surface area contributed by atoms with Gasteiger partial charge in [0.1, 0.15) is 11.5 Å². The molecule has 2 aromatic rings. The van der Waals surface area contributed by atoms with Crippen LogP contribution >= 0.6 is 0 Å². The van der Waals surface area contributed by atoms with Crippen molar-refractivity contribution in [2.75, 3.05) is 19.7 Å². The Labute approximate surface area is 136 Å². The van der Waals surface area contributed by atoms with Gasteiger partial charge in [0.15, 0.2) is 0 Å². The Morgan fingerprint density at radius 2 is 2.22 bits per heavy atom. The van der Waals surface area contributed by atoms with Gasteiger partial charge >= 0.3 is 5.97 Å². The summed E-state index contributed by atoms with van der Waals surface area (Å²) in [5.74, 6) is 0.575. The van der Waals surface area contributed by atoms with Crippen molar-refractivity contribution in [3.63, 3.8) is 0 Å². The van der Waals surface area contributed by atoms with Crippen LogP contribution < -0.4 is 5.32 Å². The van der Waals surface area contributed by atoms with Crippen LogP contribution in [0.25, 0.3) is 11.3 Å². The summed E-state index contributed by atoms with van der Waals surface area (Å²) in [6.07, 6.45) is 2.28. The van der Waals surface area contributed by atoms with Crippen LogP contribution in [0.4, 0.5) is 0 Å². The van der Waals surface area contributed by atoms with Gasteiger partial charge in [0.05, 0.1) is 12.0 Å². The molecule has 1 aromatic heterocycles. The molecule has 1 aliphatic rings. The van der Waals surface area contributed by atoms with Gasteiger partial charge in [-0.05, 0) is 26.3 Å². The maximum Gasteiger partial charge on any atom is 0.313 e. The molecule has 2 heterocycles. The van der Waals surface area contributed by atoms with Crippen molar-refractivity contribution in [2.45, 2.75) is 26.2 Å². The first-order valence-electron chi connectivity index (χ1n) is 8.12. The van der Waals surface area contributed by atoms with Crippen LogP contribution in [0.5, 0.6) is 0 Å². The van der Waals surface area contributed by atoms with Gasteiger partial charge in [0, 0.05) is 24.6 Å². The number of piperidine rings is 1. The number of carbonyl (C=O) groups excluding carboxylic acids is 1. The summed E-state index contributed by atoms with van der Waals surface area (Å²) in [5, 5.41) is 7.45. The average Bonchev–Trinajstić information content (AvgIpc) is 3.05. The number of hydrogen-bond acceptors (Lipinski definition) is 5. The zero-order valence-electron chi connectivity index (χ0n) is 13.4. The minimum Gasteiger partial charge on any atom is -0.466 e. The SMILES string of the molecule is CCOC(=O)[C@]1(Cc2cc(-c3ccccc3)no2)CCCNC1. The molecule has 1 aliphatic heterocycles. The minimum absolute atomic E-state index is 0.148. The molecular formula is C18H22N2O3. The number of carbonyl (C=O) groups is 1. The van der Waals surface area contributed by atoms with Crippen LogP contribution in [0.1, 0.15) is 25.5 Å². The highest BCUT2D eigenvalue weighted by Gasteiger charge is 2.42. The molecule has 1 fully saturated rings. The first kappa shape index (κ1) is 15.7. The van der Waals surface area contributed by atoms with E-state index in [4.69, 9.17) is 9.26 Å². The normalized spacial score (nSPS) is 21.1. The lowest BCUT2D eigenvalue weighted by Gasteiger charge is -2.34. The van der Waals surface area contributed by atoms with Crippen molar-refractivity contribution in [3.8, 4) is 11.3 Å². The molecule has 0 radical (unpaired) electrons. The highest BCUT2D eigenvalue weighted by Crippen LogP contribution is 2.33. The Balaban J connectivity index is 1.80. The summed E-state index contributed by atoms with van der Waals surface area (Å²) in [4.78, 5) is 12.5. The summed E-state index contributed by atoms with van der Waals surface area (Å²) < 4.78 is 10.8. The molecule has 0 saturated carbocycles. The van der Waals surface area contributed by atoms with E-state index in [1.165, 1.54) is 0 Å². The maximum absolute atomic E-state index is 12.5. The molecule has 1 atom stereocenters. The second-order valence-electron chi connectivity index (χ2n) is 6.00. The van der Waals surface area contributed by atoms with E-state index in [1.54, 1.807) is 0 Å². The zero-order valence-corrected chi connectivity index (χ0v) is 13.4. The highest BCUT2D eigenvalue weighted by molar-refractivity contribution is 5.77. The summed E-state index contributed by atoms with van der Waals surface area (Å²) >= 11 is 0. The van der Waals surface area contributed by atoms with E-state index in [0.29, 0.717) is 19.6 Å². The lowest BCUT2D eigenvalue weighted by atomic mass is 9.77. The number of nitrogens with zero attached hydrogens (tertiary/aromatic N) is 1. The average molecular weight is 314 g/mol. The number of aromatic nitrogens is 1. The topological polar surface area (TPSA) is 64.4 Å². The summed E-state index contributed by atoms with van der Waals surface area (Å²) in [6.45, 7) is 3.79. The molecular weight excluding hydrogens is 292 g/mol. The predicted molar refractivity (Wildman–Crippen MR) is 86.8 cm³/mol. The van der Waals surface area contributed by atoms with Crippen molar-refractivity contribution in [2.24, 2.45) is 5.41 Å². The van der Waals surface area contributed by atoms with Gasteiger partial charge in [-0.1, -0.05) is 35.5 Å². The number of rotatable bonds is 5. The van der Waals surface area contributed by atoms with Crippen molar-refractivity contribution in [1.82, 2.24) is 10.5 Å². The molecule has 0 amide bonds. The van der Waals surface area contributed by atoms with Gasteiger partial charge in [-0.3, -0.25) is 4.79 Å². The van der Waals surface area contributed by atoms with E-state index >= 15 is 0 Å². The molecule has 1 saturated heterocycles. The fourth-order valence-corrected chi connectivity index (χ4v) is 3.12. The summed E-state index contributed by atoms with van der Waals surface area (Å²) in [6, 6.07) is 11.8. The third kappa shape index (κ3) is 3.45. The second kappa shape index (κ2) is 6.96. The van der Waals surface area contributed by atoms with Crippen molar-refractivity contribution in [1.29, 1.82) is 0 Å². The van der Waals surface area contributed by atoms with Crippen LogP contribution in [0.15, 0.2) is 40.9 Å². The van der Waals surface area contributed by atoms with E-state index in [-0.39, 0.29) is 5.97 Å². The summed E-state index contributed by atoms with van der Waals surface area (Å²) in [5.41, 5.74) is 1.25. The van der Waals surface area contributed by atoms with Crippen LogP contribution in [0.3, 0.4) is 0 Å². The van der Waals surface area contributed by atoms with Crippen molar-refractivity contribution in [3.05, 3.63) is 42.2 Å². The van der Waals surface area contributed by atoms with Crippen molar-refractivity contribution < 1.29 is 14.1 Å². The first-order chi connectivity index (χ1) is 11.2. The fourth-order valence-electron chi connectivity index (χ4n) is 3.12. The predicted octanol–water partition coefficient (Wildman–Crippen LogP) is 2.82. The Hall–Kier alpha value is -2.14. The first-order valence-corrected chi connectivity index (χ1v) is 8.12.